The Labute approximate surface area is 85.9 Å². The van der Waals surface area contributed by atoms with Crippen molar-refractivity contribution in [3.05, 3.63) is 30.7 Å². The highest BCUT2D eigenvalue weighted by atomic mass is 16.5. The lowest BCUT2D eigenvalue weighted by molar-refractivity contribution is 0.415. The van der Waals surface area contributed by atoms with E-state index in [2.05, 4.69) is 15.0 Å². The van der Waals surface area contributed by atoms with Crippen LogP contribution in [-0.4, -0.2) is 22.1 Å². The molecule has 3 rings (SSSR count). The van der Waals surface area contributed by atoms with Gasteiger partial charge in [0.2, 0.25) is 0 Å². The number of aromatic amines is 1. The third-order valence-corrected chi connectivity index (χ3v) is 2.48. The van der Waals surface area contributed by atoms with Gasteiger partial charge in [-0.15, -0.1) is 0 Å². The summed E-state index contributed by atoms with van der Waals surface area (Å²) in [7, 11) is 1.66. The summed E-state index contributed by atoms with van der Waals surface area (Å²) in [5, 5.41) is 2.15. The Kier molecular flexibility index (Phi) is 1.62. The second-order valence-electron chi connectivity index (χ2n) is 3.32. The minimum Gasteiger partial charge on any atom is -0.497 e. The van der Waals surface area contributed by atoms with Gasteiger partial charge in [-0.25, -0.2) is 9.97 Å². The lowest BCUT2D eigenvalue weighted by atomic mass is 10.2. The van der Waals surface area contributed by atoms with Gasteiger partial charge in [-0.2, -0.15) is 0 Å². The van der Waals surface area contributed by atoms with E-state index in [1.807, 2.05) is 24.4 Å². The predicted molar refractivity (Wildman–Crippen MR) is 57.9 cm³/mol. The van der Waals surface area contributed by atoms with Gasteiger partial charge in [-0.05, 0) is 12.1 Å². The summed E-state index contributed by atoms with van der Waals surface area (Å²) < 4.78 is 5.16. The number of hydrogen-bond donors (Lipinski definition) is 1. The number of nitrogens with zero attached hydrogens (tertiary/aromatic N) is 2. The molecule has 0 aliphatic carbocycles. The molecule has 15 heavy (non-hydrogen) atoms. The van der Waals surface area contributed by atoms with Gasteiger partial charge in [0.1, 0.15) is 17.7 Å². The molecule has 0 fully saturated rings. The third-order valence-electron chi connectivity index (χ3n) is 2.48. The monoisotopic (exact) mass is 199 g/mol. The maximum absolute atomic E-state index is 5.16. The molecule has 0 aliphatic rings. The molecule has 0 radical (unpaired) electrons. The molecule has 0 bridgehead atoms. The van der Waals surface area contributed by atoms with Crippen molar-refractivity contribution >= 4 is 21.9 Å². The Balaban J connectivity index is 2.43. The van der Waals surface area contributed by atoms with Gasteiger partial charge in [0.05, 0.1) is 12.6 Å². The number of benzene rings is 1. The number of nitrogens with one attached hydrogen (secondary N) is 1. The average molecular weight is 199 g/mol. The number of fused-ring (bicyclic) bond motifs is 3. The lowest BCUT2D eigenvalue weighted by Gasteiger charge is -1.97. The maximum Gasteiger partial charge on any atom is 0.141 e. The number of hydrogen-bond acceptors (Lipinski definition) is 3. The van der Waals surface area contributed by atoms with E-state index >= 15 is 0 Å². The number of H-pyrrole nitrogens is 1. The summed E-state index contributed by atoms with van der Waals surface area (Å²) in [6.45, 7) is 0. The van der Waals surface area contributed by atoms with Crippen molar-refractivity contribution in [1.29, 1.82) is 0 Å². The Morgan fingerprint density at radius 3 is 3.07 bits per heavy atom. The summed E-state index contributed by atoms with van der Waals surface area (Å²) in [6.07, 6.45) is 3.35. The van der Waals surface area contributed by atoms with Gasteiger partial charge in [0, 0.05) is 23.0 Å². The molecule has 2 aromatic heterocycles. The molecule has 0 spiro atoms. The van der Waals surface area contributed by atoms with Gasteiger partial charge in [-0.3, -0.25) is 0 Å². The second-order valence-corrected chi connectivity index (χ2v) is 3.32. The fraction of sp³-hybridized carbons (Fsp3) is 0.0909. The van der Waals surface area contributed by atoms with Crippen molar-refractivity contribution in [3.63, 3.8) is 0 Å². The molecular formula is C11H9N3O. The average Bonchev–Trinajstić information content (AvgIpc) is 2.66. The summed E-state index contributed by atoms with van der Waals surface area (Å²) in [6, 6.07) is 5.90. The second kappa shape index (κ2) is 2.95. The summed E-state index contributed by atoms with van der Waals surface area (Å²) in [5.74, 6) is 0.835. The van der Waals surface area contributed by atoms with E-state index < -0.39 is 0 Å². The first-order valence-electron chi connectivity index (χ1n) is 4.64. The molecule has 0 saturated carbocycles. The van der Waals surface area contributed by atoms with E-state index in [4.69, 9.17) is 4.74 Å². The first-order chi connectivity index (χ1) is 7.38. The van der Waals surface area contributed by atoms with Crippen LogP contribution in [0.3, 0.4) is 0 Å². The fourth-order valence-corrected chi connectivity index (χ4v) is 1.74. The highest BCUT2D eigenvalue weighted by molar-refractivity contribution is 6.05. The smallest absolute Gasteiger partial charge is 0.141 e. The third kappa shape index (κ3) is 1.15. The normalized spacial score (nSPS) is 11.0. The van der Waals surface area contributed by atoms with Crippen LogP contribution in [0.4, 0.5) is 0 Å². The van der Waals surface area contributed by atoms with Crippen molar-refractivity contribution in [3.8, 4) is 5.75 Å². The molecule has 0 aliphatic heterocycles. The zero-order valence-electron chi connectivity index (χ0n) is 8.19. The minimum atomic E-state index is 0.835. The van der Waals surface area contributed by atoms with E-state index in [0.29, 0.717) is 0 Å². The first-order valence-corrected chi connectivity index (χ1v) is 4.64. The highest BCUT2D eigenvalue weighted by Crippen LogP contribution is 2.26. The molecule has 2 heterocycles. The molecular weight excluding hydrogens is 190 g/mol. The van der Waals surface area contributed by atoms with Crippen molar-refractivity contribution in [1.82, 2.24) is 15.0 Å². The number of methoxy groups -OCH3 is 1. The Bertz CT molecular complexity index is 630. The Morgan fingerprint density at radius 2 is 2.20 bits per heavy atom. The molecule has 3 aromatic rings. The zero-order valence-corrected chi connectivity index (χ0v) is 8.19. The quantitative estimate of drug-likeness (QED) is 0.653. The molecule has 0 amide bonds. The van der Waals surface area contributed by atoms with Gasteiger partial charge in [0.15, 0.2) is 0 Å². The first kappa shape index (κ1) is 8.23. The van der Waals surface area contributed by atoms with E-state index in [0.717, 1.165) is 27.7 Å². The van der Waals surface area contributed by atoms with Crippen LogP contribution in [0.25, 0.3) is 21.9 Å². The van der Waals surface area contributed by atoms with Crippen LogP contribution in [0.15, 0.2) is 30.7 Å². The number of rotatable bonds is 1. The zero-order chi connectivity index (χ0) is 10.3. The molecule has 0 saturated heterocycles. The largest absolute Gasteiger partial charge is 0.497 e. The van der Waals surface area contributed by atoms with E-state index in [9.17, 15) is 0 Å². The van der Waals surface area contributed by atoms with E-state index in [-0.39, 0.29) is 0 Å². The van der Waals surface area contributed by atoms with Crippen molar-refractivity contribution in [2.24, 2.45) is 0 Å². The topological polar surface area (TPSA) is 50.8 Å². The van der Waals surface area contributed by atoms with Crippen molar-refractivity contribution in [2.75, 3.05) is 7.11 Å². The molecule has 0 unspecified atom stereocenters. The predicted octanol–water partition coefficient (Wildman–Crippen LogP) is 2.12. The van der Waals surface area contributed by atoms with Crippen LogP contribution in [0.1, 0.15) is 0 Å². The Morgan fingerprint density at radius 1 is 1.27 bits per heavy atom. The molecule has 4 nitrogen and oxygen atoms in total. The highest BCUT2D eigenvalue weighted by Gasteiger charge is 2.05. The van der Waals surface area contributed by atoms with Crippen molar-refractivity contribution in [2.45, 2.75) is 0 Å². The fourth-order valence-electron chi connectivity index (χ4n) is 1.74. The molecule has 1 N–H and O–H groups in total. The van der Waals surface area contributed by atoms with Crippen molar-refractivity contribution < 1.29 is 4.74 Å². The van der Waals surface area contributed by atoms with Crippen LogP contribution < -0.4 is 4.74 Å². The SMILES string of the molecule is COc1ccc2c(c1)[nH]c1ncncc12. The number of ether oxygens (including phenoxy) is 1. The summed E-state index contributed by atoms with van der Waals surface area (Å²) in [4.78, 5) is 11.4. The molecule has 0 atom stereocenters. The van der Waals surface area contributed by atoms with E-state index in [1.54, 1.807) is 7.11 Å². The van der Waals surface area contributed by atoms with Gasteiger partial charge in [0.25, 0.3) is 0 Å². The van der Waals surface area contributed by atoms with Gasteiger partial charge < -0.3 is 9.72 Å². The van der Waals surface area contributed by atoms with Crippen LogP contribution in [0, 0.1) is 0 Å². The van der Waals surface area contributed by atoms with Crippen LogP contribution in [-0.2, 0) is 0 Å². The van der Waals surface area contributed by atoms with Crippen LogP contribution >= 0.6 is 0 Å². The number of aromatic nitrogens is 3. The summed E-state index contributed by atoms with van der Waals surface area (Å²) >= 11 is 0. The molecule has 74 valence electrons. The van der Waals surface area contributed by atoms with Crippen LogP contribution in [0.2, 0.25) is 0 Å². The minimum absolute atomic E-state index is 0.835. The molecule has 1 aromatic carbocycles. The Hall–Kier alpha value is -2.10. The lowest BCUT2D eigenvalue weighted by Crippen LogP contribution is -1.80. The van der Waals surface area contributed by atoms with E-state index in [1.165, 1.54) is 6.33 Å². The van der Waals surface area contributed by atoms with Gasteiger partial charge >= 0.3 is 0 Å². The maximum atomic E-state index is 5.16. The van der Waals surface area contributed by atoms with Crippen LogP contribution in [0.5, 0.6) is 5.75 Å². The molecule has 4 heteroatoms. The summed E-state index contributed by atoms with van der Waals surface area (Å²) in [5.41, 5.74) is 1.87. The van der Waals surface area contributed by atoms with Gasteiger partial charge in [-0.1, -0.05) is 0 Å². The standard InChI is InChI=1S/C11H9N3O/c1-15-7-2-3-8-9-5-12-6-13-11(9)14-10(8)4-7/h2-6H,1H3,(H,12,13,14).